The largest absolute Gasteiger partial charge is 0.350 e. The molecule has 3 rings (SSSR count). The summed E-state index contributed by atoms with van der Waals surface area (Å²) in [5.74, 6) is 1.95. The van der Waals surface area contributed by atoms with E-state index in [0.717, 1.165) is 18.8 Å². The Kier molecular flexibility index (Phi) is 2.46. The van der Waals surface area contributed by atoms with Crippen molar-refractivity contribution in [3.8, 4) is 0 Å². The number of carbonyl (C=O) groups excluding carboxylic acids is 1. The molecule has 1 saturated carbocycles. The third-order valence-electron chi connectivity index (χ3n) is 5.99. The molecule has 1 heterocycles. The Morgan fingerprint density at radius 3 is 2.61 bits per heavy atom. The van der Waals surface area contributed by atoms with Crippen molar-refractivity contribution in [1.29, 1.82) is 0 Å². The van der Waals surface area contributed by atoms with Gasteiger partial charge in [-0.25, -0.2) is 0 Å². The van der Waals surface area contributed by atoms with Crippen LogP contribution in [-0.4, -0.2) is 11.4 Å². The van der Waals surface area contributed by atoms with Crippen LogP contribution in [0, 0.1) is 23.2 Å². The van der Waals surface area contributed by atoms with Crippen LogP contribution in [0.1, 0.15) is 53.4 Å². The van der Waals surface area contributed by atoms with Gasteiger partial charge in [0.05, 0.1) is 11.5 Å². The molecule has 3 aliphatic rings. The van der Waals surface area contributed by atoms with E-state index in [2.05, 4.69) is 39.1 Å². The molecule has 2 nitrogen and oxygen atoms in total. The molecule has 0 spiro atoms. The van der Waals surface area contributed by atoms with Crippen molar-refractivity contribution in [3.05, 3.63) is 11.6 Å². The Morgan fingerprint density at radius 1 is 1.28 bits per heavy atom. The highest BCUT2D eigenvalue weighted by Gasteiger charge is 2.62. The molecule has 1 amide bonds. The fourth-order valence-corrected chi connectivity index (χ4v) is 4.58. The molecule has 2 aliphatic carbocycles. The second-order valence-electron chi connectivity index (χ2n) is 7.56. The first-order chi connectivity index (χ1) is 8.34. The zero-order chi connectivity index (χ0) is 13.1. The highest BCUT2D eigenvalue weighted by Crippen LogP contribution is 2.60. The summed E-state index contributed by atoms with van der Waals surface area (Å²) in [6.07, 6.45) is 7.01. The molecule has 0 unspecified atom stereocenters. The molecule has 4 atom stereocenters. The predicted octanol–water partition coefficient (Wildman–Crippen LogP) is 3.28. The Balaban J connectivity index is 1.91. The molecule has 0 bridgehead atoms. The summed E-state index contributed by atoms with van der Waals surface area (Å²) in [5, 5.41) is 3.24. The summed E-state index contributed by atoms with van der Waals surface area (Å²) in [4.78, 5) is 11.9. The molecule has 1 saturated heterocycles. The van der Waals surface area contributed by atoms with Gasteiger partial charge in [-0.15, -0.1) is 0 Å². The van der Waals surface area contributed by atoms with E-state index in [1.165, 1.54) is 18.4 Å². The molecule has 0 aromatic carbocycles. The summed E-state index contributed by atoms with van der Waals surface area (Å²) in [6.45, 7) is 9.27. The highest BCUT2D eigenvalue weighted by molar-refractivity contribution is 5.87. The minimum Gasteiger partial charge on any atom is -0.350 e. The first-order valence-electron chi connectivity index (χ1n) is 7.32. The van der Waals surface area contributed by atoms with E-state index in [1.807, 2.05) is 0 Å². The van der Waals surface area contributed by atoms with Crippen LogP contribution in [0.5, 0.6) is 0 Å². The zero-order valence-electron chi connectivity index (χ0n) is 12.0. The SMILES string of the molecule is C/C1=C/C[C@@H]2[C@H](CC2(C)C)[C@@]2(C)NC(=O)[C@H]2CC1. The van der Waals surface area contributed by atoms with Gasteiger partial charge in [-0.05, 0) is 56.8 Å². The summed E-state index contributed by atoms with van der Waals surface area (Å²) in [5.41, 5.74) is 2.00. The highest BCUT2D eigenvalue weighted by atomic mass is 16.2. The van der Waals surface area contributed by atoms with Gasteiger partial charge in [0.15, 0.2) is 0 Å². The van der Waals surface area contributed by atoms with E-state index >= 15 is 0 Å². The lowest BCUT2D eigenvalue weighted by molar-refractivity contribution is -0.160. The van der Waals surface area contributed by atoms with Gasteiger partial charge in [0, 0.05) is 0 Å². The normalized spacial score (nSPS) is 48.8. The van der Waals surface area contributed by atoms with Crippen molar-refractivity contribution in [2.75, 3.05) is 0 Å². The third-order valence-corrected chi connectivity index (χ3v) is 5.99. The van der Waals surface area contributed by atoms with E-state index in [9.17, 15) is 4.79 Å². The quantitative estimate of drug-likeness (QED) is 0.516. The molecule has 100 valence electrons. The maximum Gasteiger partial charge on any atom is 0.225 e. The lowest BCUT2D eigenvalue weighted by atomic mass is 9.46. The maximum absolute atomic E-state index is 11.9. The average molecular weight is 247 g/mol. The van der Waals surface area contributed by atoms with E-state index < -0.39 is 0 Å². The molecule has 0 aromatic rings. The molecular formula is C16H25NO. The van der Waals surface area contributed by atoms with Crippen molar-refractivity contribution >= 4 is 5.91 Å². The van der Waals surface area contributed by atoms with E-state index in [-0.39, 0.29) is 17.4 Å². The Bertz CT molecular complexity index is 423. The molecule has 0 radical (unpaired) electrons. The first kappa shape index (κ1) is 12.3. The van der Waals surface area contributed by atoms with Crippen molar-refractivity contribution in [1.82, 2.24) is 5.32 Å². The summed E-state index contributed by atoms with van der Waals surface area (Å²) in [7, 11) is 0. The molecule has 2 heteroatoms. The molecule has 0 aromatic heterocycles. The van der Waals surface area contributed by atoms with Gasteiger partial charge in [-0.2, -0.15) is 0 Å². The number of fused-ring (bicyclic) bond motifs is 3. The smallest absolute Gasteiger partial charge is 0.225 e. The van der Waals surface area contributed by atoms with Gasteiger partial charge in [0.1, 0.15) is 0 Å². The number of allylic oxidation sites excluding steroid dienone is 2. The first-order valence-corrected chi connectivity index (χ1v) is 7.32. The number of β-lactam (4-membered cyclic amide) rings is 1. The molecule has 2 fully saturated rings. The number of hydrogen-bond donors (Lipinski definition) is 1. The lowest BCUT2D eigenvalue weighted by Gasteiger charge is -2.63. The summed E-state index contributed by atoms with van der Waals surface area (Å²) < 4.78 is 0. The minimum absolute atomic E-state index is 0.0791. The third kappa shape index (κ3) is 1.50. The molecule has 1 N–H and O–H groups in total. The Labute approximate surface area is 110 Å². The second kappa shape index (κ2) is 3.61. The molecule has 1 aliphatic heterocycles. The zero-order valence-corrected chi connectivity index (χ0v) is 12.0. The molecular weight excluding hydrogens is 222 g/mol. The topological polar surface area (TPSA) is 29.1 Å². The van der Waals surface area contributed by atoms with Crippen LogP contribution < -0.4 is 5.32 Å². The fraction of sp³-hybridized carbons (Fsp3) is 0.812. The van der Waals surface area contributed by atoms with Gasteiger partial charge in [-0.3, -0.25) is 4.79 Å². The monoisotopic (exact) mass is 247 g/mol. The van der Waals surface area contributed by atoms with Gasteiger partial charge in [0.2, 0.25) is 5.91 Å². The maximum atomic E-state index is 11.9. The van der Waals surface area contributed by atoms with Crippen LogP contribution in [-0.2, 0) is 4.79 Å². The van der Waals surface area contributed by atoms with E-state index in [0.29, 0.717) is 11.3 Å². The van der Waals surface area contributed by atoms with Crippen LogP contribution in [0.15, 0.2) is 11.6 Å². The molecule has 18 heavy (non-hydrogen) atoms. The number of carbonyl (C=O) groups is 1. The van der Waals surface area contributed by atoms with E-state index in [1.54, 1.807) is 0 Å². The Hall–Kier alpha value is -0.790. The van der Waals surface area contributed by atoms with Gasteiger partial charge in [0.25, 0.3) is 0 Å². The summed E-state index contributed by atoms with van der Waals surface area (Å²) >= 11 is 0. The number of hydrogen-bond acceptors (Lipinski definition) is 1. The fourth-order valence-electron chi connectivity index (χ4n) is 4.58. The van der Waals surface area contributed by atoms with Crippen molar-refractivity contribution in [2.24, 2.45) is 23.2 Å². The van der Waals surface area contributed by atoms with Crippen LogP contribution in [0.4, 0.5) is 0 Å². The van der Waals surface area contributed by atoms with Crippen LogP contribution in [0.25, 0.3) is 0 Å². The van der Waals surface area contributed by atoms with Crippen molar-refractivity contribution < 1.29 is 4.79 Å². The van der Waals surface area contributed by atoms with Crippen LogP contribution in [0.3, 0.4) is 0 Å². The van der Waals surface area contributed by atoms with Crippen molar-refractivity contribution in [2.45, 2.75) is 58.9 Å². The van der Waals surface area contributed by atoms with Crippen LogP contribution >= 0.6 is 0 Å². The standard InChI is InChI=1S/C16H25NO/c1-10-5-7-11-13(9-15(11,2)3)16(4)12(8-6-10)14(18)17-16/h5,11-13H,6-9H2,1-4H3,(H,17,18)/b10-5-/t11-,12-,13+,16+/m1/s1. The lowest BCUT2D eigenvalue weighted by Crippen LogP contribution is -2.74. The average Bonchev–Trinajstić information content (AvgIpc) is 2.27. The number of amides is 1. The number of nitrogens with one attached hydrogen (secondary N) is 1. The van der Waals surface area contributed by atoms with Gasteiger partial charge < -0.3 is 5.32 Å². The predicted molar refractivity (Wildman–Crippen MR) is 73.0 cm³/mol. The Morgan fingerprint density at radius 2 is 2.00 bits per heavy atom. The summed E-state index contributed by atoms with van der Waals surface area (Å²) in [6, 6.07) is 0. The minimum atomic E-state index is 0.0791. The van der Waals surface area contributed by atoms with Gasteiger partial charge in [-0.1, -0.05) is 25.5 Å². The second-order valence-corrected chi connectivity index (χ2v) is 7.56. The van der Waals surface area contributed by atoms with E-state index in [4.69, 9.17) is 0 Å². The number of rotatable bonds is 0. The van der Waals surface area contributed by atoms with Crippen molar-refractivity contribution in [3.63, 3.8) is 0 Å². The van der Waals surface area contributed by atoms with Gasteiger partial charge >= 0.3 is 0 Å². The van der Waals surface area contributed by atoms with Crippen LogP contribution in [0.2, 0.25) is 0 Å².